The number of carbonyl (C=O) groups excluding carboxylic acids is 1. The fraction of sp³-hybridized carbons (Fsp3) is 0.333. The molecule has 1 aromatic heterocycles. The van der Waals surface area contributed by atoms with Gasteiger partial charge in [-0.25, -0.2) is 4.98 Å². The molecule has 27 heavy (non-hydrogen) atoms. The molecule has 0 atom stereocenters. The highest BCUT2D eigenvalue weighted by molar-refractivity contribution is 7.22. The molecule has 1 amide bonds. The predicted molar refractivity (Wildman–Crippen MR) is 115 cm³/mol. The molecule has 0 aliphatic heterocycles. The van der Waals surface area contributed by atoms with Crippen LogP contribution in [0.2, 0.25) is 0 Å². The van der Waals surface area contributed by atoms with Crippen molar-refractivity contribution in [3.05, 3.63) is 53.6 Å². The number of nitrogens with zero attached hydrogens (tertiary/aromatic N) is 4. The van der Waals surface area contributed by atoms with Gasteiger partial charge < -0.3 is 9.80 Å². The van der Waals surface area contributed by atoms with E-state index in [2.05, 4.69) is 24.0 Å². The van der Waals surface area contributed by atoms with Crippen LogP contribution in [-0.4, -0.2) is 57.1 Å². The van der Waals surface area contributed by atoms with E-state index in [4.69, 9.17) is 4.98 Å². The Kier molecular flexibility index (Phi) is 5.77. The first-order valence-electron chi connectivity index (χ1n) is 8.96. The Morgan fingerprint density at radius 2 is 1.70 bits per heavy atom. The summed E-state index contributed by atoms with van der Waals surface area (Å²) in [6.07, 6.45) is 0. The zero-order valence-electron chi connectivity index (χ0n) is 16.6. The molecule has 0 fully saturated rings. The zero-order valence-corrected chi connectivity index (χ0v) is 17.4. The summed E-state index contributed by atoms with van der Waals surface area (Å²) in [6, 6.07) is 13.9. The Morgan fingerprint density at radius 3 is 2.33 bits per heavy atom. The second-order valence-corrected chi connectivity index (χ2v) is 8.18. The van der Waals surface area contributed by atoms with Crippen molar-refractivity contribution in [2.24, 2.45) is 0 Å². The number of aryl methyl sites for hydroxylation is 1. The minimum absolute atomic E-state index is 0.0158. The molecular weight excluding hydrogens is 356 g/mol. The summed E-state index contributed by atoms with van der Waals surface area (Å²) in [6.45, 7) is 3.44. The average Bonchev–Trinajstić information content (AvgIpc) is 3.04. The summed E-state index contributed by atoms with van der Waals surface area (Å²) in [5.41, 5.74) is 3.88. The van der Waals surface area contributed by atoms with Crippen LogP contribution in [0.4, 0.5) is 10.8 Å². The zero-order chi connectivity index (χ0) is 19.6. The highest BCUT2D eigenvalue weighted by Crippen LogP contribution is 2.30. The van der Waals surface area contributed by atoms with E-state index < -0.39 is 0 Å². The fourth-order valence-corrected chi connectivity index (χ4v) is 3.87. The summed E-state index contributed by atoms with van der Waals surface area (Å²) in [4.78, 5) is 23.9. The van der Waals surface area contributed by atoms with E-state index >= 15 is 0 Å². The van der Waals surface area contributed by atoms with E-state index in [1.54, 1.807) is 16.2 Å². The van der Waals surface area contributed by atoms with Gasteiger partial charge in [-0.2, -0.15) is 0 Å². The van der Waals surface area contributed by atoms with Crippen molar-refractivity contribution in [2.75, 3.05) is 51.1 Å². The molecule has 0 aliphatic carbocycles. The molecule has 3 rings (SSSR count). The second kappa shape index (κ2) is 8.06. The molecule has 0 radical (unpaired) electrons. The van der Waals surface area contributed by atoms with E-state index in [0.717, 1.165) is 27.6 Å². The molecule has 0 bridgehead atoms. The van der Waals surface area contributed by atoms with Gasteiger partial charge >= 0.3 is 0 Å². The molecule has 0 unspecified atom stereocenters. The topological polar surface area (TPSA) is 39.7 Å². The van der Waals surface area contributed by atoms with Crippen molar-refractivity contribution in [1.29, 1.82) is 0 Å². The largest absolute Gasteiger partial charge is 0.378 e. The number of hydrogen-bond acceptors (Lipinski definition) is 5. The van der Waals surface area contributed by atoms with E-state index in [9.17, 15) is 4.79 Å². The van der Waals surface area contributed by atoms with Crippen molar-refractivity contribution in [3.8, 4) is 0 Å². The normalized spacial score (nSPS) is 11.2. The minimum Gasteiger partial charge on any atom is -0.378 e. The minimum atomic E-state index is -0.0158. The van der Waals surface area contributed by atoms with Crippen LogP contribution in [0.25, 0.3) is 10.2 Å². The molecule has 0 N–H and O–H groups in total. The molecule has 142 valence electrons. The lowest BCUT2D eigenvalue weighted by molar-refractivity contribution is 0.0985. The van der Waals surface area contributed by atoms with Crippen molar-refractivity contribution in [1.82, 2.24) is 9.88 Å². The molecule has 6 heteroatoms. The lowest BCUT2D eigenvalue weighted by atomic mass is 10.1. The number of thiazole rings is 1. The van der Waals surface area contributed by atoms with Crippen LogP contribution >= 0.6 is 11.3 Å². The van der Waals surface area contributed by atoms with Crippen LogP contribution in [0.3, 0.4) is 0 Å². The molecule has 5 nitrogen and oxygen atoms in total. The lowest BCUT2D eigenvalue weighted by Crippen LogP contribution is -2.36. The third kappa shape index (κ3) is 4.46. The van der Waals surface area contributed by atoms with Crippen molar-refractivity contribution < 1.29 is 4.79 Å². The van der Waals surface area contributed by atoms with Crippen molar-refractivity contribution in [2.45, 2.75) is 6.92 Å². The smallest absolute Gasteiger partial charge is 0.260 e. The van der Waals surface area contributed by atoms with E-state index in [0.29, 0.717) is 12.1 Å². The van der Waals surface area contributed by atoms with Gasteiger partial charge in [0.1, 0.15) is 0 Å². The van der Waals surface area contributed by atoms with E-state index in [1.165, 1.54) is 5.56 Å². The maximum Gasteiger partial charge on any atom is 0.260 e. The number of anilines is 2. The van der Waals surface area contributed by atoms with Gasteiger partial charge in [0.05, 0.1) is 10.2 Å². The first-order chi connectivity index (χ1) is 12.8. The molecule has 0 spiro atoms. The molecular formula is C21H26N4OS. The Morgan fingerprint density at radius 1 is 1.00 bits per heavy atom. The number of carbonyl (C=O) groups is 1. The highest BCUT2D eigenvalue weighted by atomic mass is 32.1. The van der Waals surface area contributed by atoms with Gasteiger partial charge in [0.25, 0.3) is 5.91 Å². The third-order valence-electron chi connectivity index (χ3n) is 4.41. The number of fused-ring (bicyclic) bond motifs is 1. The monoisotopic (exact) mass is 382 g/mol. The Labute approximate surface area is 164 Å². The standard InChI is InChI=1S/C21H26N4OS/c1-15-6-11-18-19(14-15)27-21(22-18)25(13-12-23(2)3)20(26)16-7-9-17(10-8-16)24(4)5/h6-11,14H,12-13H2,1-5H3. The van der Waals surface area contributed by atoms with E-state index in [1.807, 2.05) is 63.4 Å². The summed E-state index contributed by atoms with van der Waals surface area (Å²) in [5.74, 6) is -0.0158. The molecule has 3 aromatic rings. The van der Waals surface area contributed by atoms with Gasteiger partial charge in [-0.1, -0.05) is 17.4 Å². The van der Waals surface area contributed by atoms with Gasteiger partial charge in [0.15, 0.2) is 5.13 Å². The summed E-state index contributed by atoms with van der Waals surface area (Å²) >= 11 is 1.57. The third-order valence-corrected chi connectivity index (χ3v) is 5.45. The maximum absolute atomic E-state index is 13.2. The number of amides is 1. The lowest BCUT2D eigenvalue weighted by Gasteiger charge is -2.22. The fourth-order valence-electron chi connectivity index (χ4n) is 2.78. The number of rotatable bonds is 6. The second-order valence-electron chi connectivity index (χ2n) is 7.17. The molecule has 1 heterocycles. The maximum atomic E-state index is 13.2. The molecule has 0 saturated carbocycles. The Bertz CT molecular complexity index is 931. The Hall–Kier alpha value is -2.44. The molecule has 2 aromatic carbocycles. The number of likely N-dealkylation sites (N-methyl/N-ethyl adjacent to an activating group) is 1. The Balaban J connectivity index is 1.94. The van der Waals surface area contributed by atoms with Crippen LogP contribution in [0, 0.1) is 6.92 Å². The summed E-state index contributed by atoms with van der Waals surface area (Å²) in [5, 5.41) is 0.749. The van der Waals surface area contributed by atoms with Crippen molar-refractivity contribution >= 4 is 38.3 Å². The van der Waals surface area contributed by atoms with Crippen molar-refractivity contribution in [3.63, 3.8) is 0 Å². The van der Waals surface area contributed by atoms with Gasteiger partial charge in [0, 0.05) is 38.4 Å². The van der Waals surface area contributed by atoms with Crippen LogP contribution in [-0.2, 0) is 0 Å². The van der Waals surface area contributed by atoms with Gasteiger partial charge in [-0.05, 0) is 63.0 Å². The number of hydrogen-bond donors (Lipinski definition) is 0. The first-order valence-corrected chi connectivity index (χ1v) is 9.78. The predicted octanol–water partition coefficient (Wildman–Crippen LogP) is 3.88. The van der Waals surface area contributed by atoms with Crippen LogP contribution < -0.4 is 9.80 Å². The number of aromatic nitrogens is 1. The molecule has 0 saturated heterocycles. The SMILES string of the molecule is Cc1ccc2nc(N(CCN(C)C)C(=O)c3ccc(N(C)C)cc3)sc2c1. The van der Waals surface area contributed by atoms with Crippen LogP contribution in [0.5, 0.6) is 0 Å². The van der Waals surface area contributed by atoms with Gasteiger partial charge in [-0.15, -0.1) is 0 Å². The van der Waals surface area contributed by atoms with Gasteiger partial charge in [-0.3, -0.25) is 9.69 Å². The average molecular weight is 383 g/mol. The van der Waals surface area contributed by atoms with E-state index in [-0.39, 0.29) is 5.91 Å². The van der Waals surface area contributed by atoms with Gasteiger partial charge in [0.2, 0.25) is 0 Å². The molecule has 0 aliphatic rings. The summed E-state index contributed by atoms with van der Waals surface area (Å²) < 4.78 is 1.11. The summed E-state index contributed by atoms with van der Waals surface area (Å²) in [7, 11) is 8.00. The highest BCUT2D eigenvalue weighted by Gasteiger charge is 2.21. The number of benzene rings is 2. The van der Waals surface area contributed by atoms with Crippen LogP contribution in [0.15, 0.2) is 42.5 Å². The quantitative estimate of drug-likeness (QED) is 0.649. The van der Waals surface area contributed by atoms with Crippen LogP contribution in [0.1, 0.15) is 15.9 Å². The first kappa shape index (κ1) is 19.3.